The van der Waals surface area contributed by atoms with Crippen molar-refractivity contribution >= 4 is 20.9 Å². The zero-order chi connectivity index (χ0) is 25.1. The van der Waals surface area contributed by atoms with Gasteiger partial charge in [0.2, 0.25) is 10.0 Å². The minimum Gasteiger partial charge on any atom is -0.497 e. The monoisotopic (exact) mass is 506 g/mol. The molecule has 1 aliphatic heterocycles. The lowest BCUT2D eigenvalue weighted by molar-refractivity contribution is 0.171. The molecule has 0 radical (unpaired) electrons. The number of sulfonamides is 1. The van der Waals surface area contributed by atoms with E-state index in [4.69, 9.17) is 14.2 Å². The van der Waals surface area contributed by atoms with Gasteiger partial charge in [-0.3, -0.25) is 4.79 Å². The topological polar surface area (TPSA) is 97.9 Å². The Morgan fingerprint density at radius 1 is 0.944 bits per heavy atom. The molecule has 0 bridgehead atoms. The molecule has 5 rings (SSSR count). The van der Waals surface area contributed by atoms with Crippen LogP contribution in [-0.2, 0) is 23.0 Å². The van der Waals surface area contributed by atoms with Crippen LogP contribution in [0.15, 0.2) is 82.5 Å². The molecule has 1 aromatic heterocycles. The fourth-order valence-electron chi connectivity index (χ4n) is 4.18. The molecule has 3 aromatic carbocycles. The third-order valence-electron chi connectivity index (χ3n) is 6.12. The van der Waals surface area contributed by atoms with Crippen LogP contribution in [0, 0.1) is 0 Å². The van der Waals surface area contributed by atoms with E-state index in [0.29, 0.717) is 48.0 Å². The van der Waals surface area contributed by atoms with E-state index in [1.54, 1.807) is 37.4 Å². The molecule has 0 saturated heterocycles. The SMILES string of the molecule is COc1ccc2[nH]c(=O)c(CN(CCc3ccccc3)S(=O)(=O)c3ccc4c(c3)OCCO4)cc2c1. The lowest BCUT2D eigenvalue weighted by Crippen LogP contribution is -2.34. The summed E-state index contributed by atoms with van der Waals surface area (Å²) in [5, 5.41) is 0.753. The van der Waals surface area contributed by atoms with Crippen LogP contribution in [0.5, 0.6) is 17.2 Å². The summed E-state index contributed by atoms with van der Waals surface area (Å²) >= 11 is 0. The number of H-pyrrole nitrogens is 1. The van der Waals surface area contributed by atoms with Crippen LogP contribution in [0.3, 0.4) is 0 Å². The average molecular weight is 507 g/mol. The normalized spacial score (nSPS) is 13.2. The van der Waals surface area contributed by atoms with E-state index >= 15 is 0 Å². The number of methoxy groups -OCH3 is 1. The third-order valence-corrected chi connectivity index (χ3v) is 7.96. The van der Waals surface area contributed by atoms with E-state index in [1.165, 1.54) is 16.4 Å². The highest BCUT2D eigenvalue weighted by molar-refractivity contribution is 7.89. The summed E-state index contributed by atoms with van der Waals surface area (Å²) in [6.45, 7) is 0.866. The zero-order valence-electron chi connectivity index (χ0n) is 19.8. The van der Waals surface area contributed by atoms with Gasteiger partial charge in [0.15, 0.2) is 11.5 Å². The molecule has 4 aromatic rings. The van der Waals surface area contributed by atoms with Crippen molar-refractivity contribution in [3.63, 3.8) is 0 Å². The van der Waals surface area contributed by atoms with Crippen molar-refractivity contribution in [2.75, 3.05) is 26.9 Å². The van der Waals surface area contributed by atoms with Crippen LogP contribution in [0.1, 0.15) is 11.1 Å². The molecule has 36 heavy (non-hydrogen) atoms. The smallest absolute Gasteiger partial charge is 0.252 e. The Balaban J connectivity index is 1.52. The first-order valence-electron chi connectivity index (χ1n) is 11.6. The van der Waals surface area contributed by atoms with Gasteiger partial charge >= 0.3 is 0 Å². The standard InChI is InChI=1S/C27H26N2O6S/c1-33-22-7-9-24-20(16-22)15-21(27(30)28-24)18-29(12-11-19-5-3-2-4-6-19)36(31,32)23-8-10-25-26(17-23)35-14-13-34-25/h2-10,15-17H,11-14,18H2,1H3,(H,28,30). The van der Waals surface area contributed by atoms with Gasteiger partial charge in [0.1, 0.15) is 19.0 Å². The van der Waals surface area contributed by atoms with Crippen LogP contribution in [0.25, 0.3) is 10.9 Å². The van der Waals surface area contributed by atoms with Crippen molar-refractivity contribution in [2.24, 2.45) is 0 Å². The second-order valence-electron chi connectivity index (χ2n) is 8.46. The number of pyridine rings is 1. The second-order valence-corrected chi connectivity index (χ2v) is 10.4. The number of ether oxygens (including phenoxy) is 3. The average Bonchev–Trinajstić information content (AvgIpc) is 2.91. The van der Waals surface area contributed by atoms with Crippen LogP contribution in [0.2, 0.25) is 0 Å². The highest BCUT2D eigenvalue weighted by Gasteiger charge is 2.27. The van der Waals surface area contributed by atoms with Gasteiger partial charge < -0.3 is 19.2 Å². The van der Waals surface area contributed by atoms with Crippen LogP contribution >= 0.6 is 0 Å². The molecular formula is C27H26N2O6S. The first-order chi connectivity index (χ1) is 17.4. The van der Waals surface area contributed by atoms with E-state index in [2.05, 4.69) is 4.98 Å². The van der Waals surface area contributed by atoms with E-state index in [-0.39, 0.29) is 23.5 Å². The Labute approximate surface area is 209 Å². The predicted molar refractivity (Wildman–Crippen MR) is 136 cm³/mol. The summed E-state index contributed by atoms with van der Waals surface area (Å²) in [7, 11) is -2.40. The van der Waals surface area contributed by atoms with Crippen molar-refractivity contribution < 1.29 is 22.6 Å². The first kappa shape index (κ1) is 23.9. The molecule has 0 unspecified atom stereocenters. The highest BCUT2D eigenvalue weighted by atomic mass is 32.2. The van der Waals surface area contributed by atoms with Crippen molar-refractivity contribution in [1.82, 2.24) is 9.29 Å². The summed E-state index contributed by atoms with van der Waals surface area (Å²) < 4.78 is 45.4. The number of nitrogens with one attached hydrogen (secondary N) is 1. The van der Waals surface area contributed by atoms with Gasteiger partial charge in [-0.1, -0.05) is 30.3 Å². The number of nitrogens with zero attached hydrogens (tertiary/aromatic N) is 1. The first-order valence-corrected chi connectivity index (χ1v) is 13.0. The molecule has 9 heteroatoms. The molecule has 0 atom stereocenters. The quantitative estimate of drug-likeness (QED) is 0.391. The van der Waals surface area contributed by atoms with Gasteiger partial charge in [0, 0.05) is 35.6 Å². The number of aromatic amines is 1. The number of hydrogen-bond acceptors (Lipinski definition) is 6. The van der Waals surface area contributed by atoms with Gasteiger partial charge in [-0.25, -0.2) is 8.42 Å². The molecule has 8 nitrogen and oxygen atoms in total. The van der Waals surface area contributed by atoms with Crippen molar-refractivity contribution in [1.29, 1.82) is 0 Å². The molecule has 1 aliphatic rings. The molecule has 1 N–H and O–H groups in total. The minimum atomic E-state index is -3.97. The minimum absolute atomic E-state index is 0.0821. The summed E-state index contributed by atoms with van der Waals surface area (Å²) in [6.07, 6.45) is 0.490. The van der Waals surface area contributed by atoms with Crippen LogP contribution in [0.4, 0.5) is 0 Å². The van der Waals surface area contributed by atoms with Crippen LogP contribution in [-0.4, -0.2) is 44.6 Å². The number of benzene rings is 3. The zero-order valence-corrected chi connectivity index (χ0v) is 20.6. The van der Waals surface area contributed by atoms with Gasteiger partial charge in [-0.15, -0.1) is 0 Å². The molecular weight excluding hydrogens is 480 g/mol. The number of fused-ring (bicyclic) bond motifs is 2. The Bertz CT molecular complexity index is 1550. The molecule has 0 amide bonds. The van der Waals surface area contributed by atoms with E-state index in [9.17, 15) is 13.2 Å². The second kappa shape index (κ2) is 10.0. The van der Waals surface area contributed by atoms with Crippen molar-refractivity contribution in [2.45, 2.75) is 17.9 Å². The predicted octanol–water partition coefficient (Wildman–Crippen LogP) is 3.74. The molecule has 0 saturated carbocycles. The van der Waals surface area contributed by atoms with E-state index in [1.807, 2.05) is 30.3 Å². The number of rotatable bonds is 8. The van der Waals surface area contributed by atoms with E-state index < -0.39 is 10.0 Å². The fourth-order valence-corrected chi connectivity index (χ4v) is 5.62. The Hall–Kier alpha value is -3.82. The lowest BCUT2D eigenvalue weighted by Gasteiger charge is -2.24. The number of aromatic nitrogens is 1. The highest BCUT2D eigenvalue weighted by Crippen LogP contribution is 2.33. The summed E-state index contributed by atoms with van der Waals surface area (Å²) in [6, 6.07) is 21.3. The summed E-state index contributed by atoms with van der Waals surface area (Å²) in [4.78, 5) is 15.8. The lowest BCUT2D eigenvalue weighted by atomic mass is 10.1. The Morgan fingerprint density at radius 3 is 2.50 bits per heavy atom. The maximum Gasteiger partial charge on any atom is 0.252 e. The fraction of sp³-hybridized carbons (Fsp3) is 0.222. The molecule has 2 heterocycles. The molecule has 0 spiro atoms. The summed E-state index contributed by atoms with van der Waals surface area (Å²) in [5.41, 5.74) is 1.65. The largest absolute Gasteiger partial charge is 0.497 e. The third kappa shape index (κ3) is 4.93. The Morgan fingerprint density at radius 2 is 1.72 bits per heavy atom. The van der Waals surface area contributed by atoms with Crippen molar-refractivity contribution in [3.8, 4) is 17.2 Å². The van der Waals surface area contributed by atoms with Crippen molar-refractivity contribution in [3.05, 3.63) is 94.3 Å². The van der Waals surface area contributed by atoms with Crippen LogP contribution < -0.4 is 19.8 Å². The number of hydrogen-bond donors (Lipinski definition) is 1. The van der Waals surface area contributed by atoms with Gasteiger partial charge in [0.25, 0.3) is 5.56 Å². The molecule has 186 valence electrons. The maximum atomic E-state index is 13.8. The summed E-state index contributed by atoms with van der Waals surface area (Å²) in [5.74, 6) is 1.54. The Kier molecular flexibility index (Phi) is 6.67. The molecule has 0 aliphatic carbocycles. The molecule has 0 fully saturated rings. The maximum absolute atomic E-state index is 13.8. The van der Waals surface area contributed by atoms with Gasteiger partial charge in [-0.2, -0.15) is 4.31 Å². The van der Waals surface area contributed by atoms with Gasteiger partial charge in [0.05, 0.1) is 12.0 Å². The van der Waals surface area contributed by atoms with Gasteiger partial charge in [-0.05, 0) is 48.4 Å². The van der Waals surface area contributed by atoms with E-state index in [0.717, 1.165) is 10.9 Å².